The van der Waals surface area contributed by atoms with Crippen LogP contribution in [0.1, 0.15) is 6.42 Å². The van der Waals surface area contributed by atoms with Crippen LogP contribution in [-0.4, -0.2) is 23.5 Å². The van der Waals surface area contributed by atoms with Crippen molar-refractivity contribution >= 4 is 17.4 Å². The molecular formula is C9H14N2S. The number of thioether (sulfide) groups is 1. The number of pyridine rings is 1. The first kappa shape index (κ1) is 9.39. The minimum atomic E-state index is 1.03. The average Bonchev–Trinajstić information content (AvgIpc) is 2.14. The number of hydrogen-bond donors (Lipinski definition) is 1. The highest BCUT2D eigenvalue weighted by Crippen LogP contribution is 2.03. The fourth-order valence-electron chi connectivity index (χ4n) is 0.917. The Morgan fingerprint density at radius 2 is 2.50 bits per heavy atom. The first-order valence-electron chi connectivity index (χ1n) is 4.06. The summed E-state index contributed by atoms with van der Waals surface area (Å²) in [6, 6.07) is 3.98. The molecule has 0 bridgehead atoms. The third-order valence-corrected chi connectivity index (χ3v) is 2.21. The van der Waals surface area contributed by atoms with Crippen LogP contribution in [0.2, 0.25) is 0 Å². The molecule has 1 aromatic rings. The van der Waals surface area contributed by atoms with Gasteiger partial charge in [0, 0.05) is 18.9 Å². The topological polar surface area (TPSA) is 24.9 Å². The van der Waals surface area contributed by atoms with E-state index < -0.39 is 0 Å². The highest BCUT2D eigenvalue weighted by molar-refractivity contribution is 7.98. The molecule has 0 amide bonds. The highest BCUT2D eigenvalue weighted by atomic mass is 32.2. The third-order valence-electron chi connectivity index (χ3n) is 1.52. The Hall–Kier alpha value is -0.700. The number of nitrogens with zero attached hydrogens (tertiary/aromatic N) is 1. The van der Waals surface area contributed by atoms with Crippen LogP contribution in [0.4, 0.5) is 5.69 Å². The van der Waals surface area contributed by atoms with Gasteiger partial charge in [0.15, 0.2) is 0 Å². The molecule has 0 saturated heterocycles. The second kappa shape index (κ2) is 5.89. The molecule has 0 unspecified atom stereocenters. The zero-order chi connectivity index (χ0) is 8.65. The first-order valence-corrected chi connectivity index (χ1v) is 5.45. The van der Waals surface area contributed by atoms with Gasteiger partial charge >= 0.3 is 0 Å². The molecule has 1 N–H and O–H groups in total. The number of nitrogens with one attached hydrogen (secondary N) is 1. The predicted octanol–water partition coefficient (Wildman–Crippen LogP) is 2.25. The summed E-state index contributed by atoms with van der Waals surface area (Å²) in [7, 11) is 0. The van der Waals surface area contributed by atoms with Crippen LogP contribution in [0.15, 0.2) is 24.5 Å². The smallest absolute Gasteiger partial charge is 0.0526 e. The van der Waals surface area contributed by atoms with Crippen molar-refractivity contribution in [3.63, 3.8) is 0 Å². The van der Waals surface area contributed by atoms with Crippen molar-refractivity contribution in [2.45, 2.75) is 6.42 Å². The Morgan fingerprint density at radius 1 is 1.58 bits per heavy atom. The van der Waals surface area contributed by atoms with E-state index in [1.807, 2.05) is 30.1 Å². The zero-order valence-electron chi connectivity index (χ0n) is 7.29. The van der Waals surface area contributed by atoms with Gasteiger partial charge in [0.25, 0.3) is 0 Å². The summed E-state index contributed by atoms with van der Waals surface area (Å²) >= 11 is 1.88. The molecule has 0 aliphatic rings. The first-order chi connectivity index (χ1) is 5.93. The van der Waals surface area contributed by atoms with Gasteiger partial charge in [0.05, 0.1) is 5.69 Å². The van der Waals surface area contributed by atoms with Gasteiger partial charge in [-0.1, -0.05) is 0 Å². The summed E-state index contributed by atoms with van der Waals surface area (Å²) < 4.78 is 0. The maximum absolute atomic E-state index is 4.02. The molecule has 0 aliphatic heterocycles. The van der Waals surface area contributed by atoms with Crippen LogP contribution >= 0.6 is 11.8 Å². The molecule has 1 aromatic heterocycles. The standard InChI is InChI=1S/C9H14N2S/c1-12-7-3-6-11-9-4-2-5-10-8-9/h2,4-5,8,11H,3,6-7H2,1H3. The molecule has 0 radical (unpaired) electrons. The van der Waals surface area contributed by atoms with Gasteiger partial charge in [0.1, 0.15) is 0 Å². The van der Waals surface area contributed by atoms with Crippen LogP contribution in [0, 0.1) is 0 Å². The molecule has 0 fully saturated rings. The van der Waals surface area contributed by atoms with E-state index in [9.17, 15) is 0 Å². The molecule has 66 valence electrons. The summed E-state index contributed by atoms with van der Waals surface area (Å²) in [5.41, 5.74) is 1.11. The molecule has 1 heterocycles. The summed E-state index contributed by atoms with van der Waals surface area (Å²) in [6.45, 7) is 1.03. The number of anilines is 1. The molecule has 12 heavy (non-hydrogen) atoms. The highest BCUT2D eigenvalue weighted by Gasteiger charge is 1.88. The summed E-state index contributed by atoms with van der Waals surface area (Å²) in [5, 5.41) is 3.30. The fourth-order valence-corrected chi connectivity index (χ4v) is 1.35. The van der Waals surface area contributed by atoms with E-state index in [0.717, 1.165) is 12.2 Å². The number of hydrogen-bond acceptors (Lipinski definition) is 3. The molecule has 0 aromatic carbocycles. The van der Waals surface area contributed by atoms with Gasteiger partial charge in [-0.3, -0.25) is 4.98 Å². The fraction of sp³-hybridized carbons (Fsp3) is 0.444. The van der Waals surface area contributed by atoms with Crippen LogP contribution in [0.25, 0.3) is 0 Å². The summed E-state index contributed by atoms with van der Waals surface area (Å²) in [4.78, 5) is 4.02. The average molecular weight is 182 g/mol. The monoisotopic (exact) mass is 182 g/mol. The van der Waals surface area contributed by atoms with Gasteiger partial charge in [-0.05, 0) is 30.6 Å². The van der Waals surface area contributed by atoms with E-state index in [1.54, 1.807) is 6.20 Å². The molecule has 0 saturated carbocycles. The molecule has 0 atom stereocenters. The lowest BCUT2D eigenvalue weighted by Crippen LogP contribution is -2.02. The van der Waals surface area contributed by atoms with E-state index >= 15 is 0 Å². The maximum Gasteiger partial charge on any atom is 0.0526 e. The van der Waals surface area contributed by atoms with Crippen LogP contribution in [-0.2, 0) is 0 Å². The minimum absolute atomic E-state index is 1.03. The summed E-state index contributed by atoms with van der Waals surface area (Å²) in [5.74, 6) is 1.22. The van der Waals surface area contributed by atoms with E-state index in [0.29, 0.717) is 0 Å². The van der Waals surface area contributed by atoms with Gasteiger partial charge in [-0.25, -0.2) is 0 Å². The molecule has 2 nitrogen and oxygen atoms in total. The van der Waals surface area contributed by atoms with Crippen molar-refractivity contribution < 1.29 is 0 Å². The number of aromatic nitrogens is 1. The second-order valence-electron chi connectivity index (χ2n) is 2.51. The Labute approximate surface area is 77.8 Å². The lowest BCUT2D eigenvalue weighted by atomic mass is 10.4. The van der Waals surface area contributed by atoms with Crippen LogP contribution < -0.4 is 5.32 Å². The van der Waals surface area contributed by atoms with Crippen LogP contribution in [0.5, 0.6) is 0 Å². The van der Waals surface area contributed by atoms with E-state index in [1.165, 1.54) is 12.2 Å². The van der Waals surface area contributed by atoms with Crippen molar-refractivity contribution in [3.05, 3.63) is 24.5 Å². The van der Waals surface area contributed by atoms with Gasteiger partial charge in [-0.2, -0.15) is 11.8 Å². The largest absolute Gasteiger partial charge is 0.384 e. The van der Waals surface area contributed by atoms with Gasteiger partial charge in [-0.15, -0.1) is 0 Å². The molecular weight excluding hydrogens is 168 g/mol. The molecule has 3 heteroatoms. The Balaban J connectivity index is 2.16. The third kappa shape index (κ3) is 3.62. The normalized spacial score (nSPS) is 9.75. The van der Waals surface area contributed by atoms with Gasteiger partial charge < -0.3 is 5.32 Å². The number of rotatable bonds is 5. The van der Waals surface area contributed by atoms with Gasteiger partial charge in [0.2, 0.25) is 0 Å². The summed E-state index contributed by atoms with van der Waals surface area (Å²) in [6.07, 6.45) is 6.96. The molecule has 1 rings (SSSR count). The van der Waals surface area contributed by atoms with Crippen molar-refractivity contribution in [2.24, 2.45) is 0 Å². The lowest BCUT2D eigenvalue weighted by molar-refractivity contribution is 0.991. The Kier molecular flexibility index (Phi) is 4.61. The molecule has 0 spiro atoms. The van der Waals surface area contributed by atoms with E-state index in [4.69, 9.17) is 0 Å². The van der Waals surface area contributed by atoms with E-state index in [-0.39, 0.29) is 0 Å². The Bertz CT molecular complexity index is 201. The lowest BCUT2D eigenvalue weighted by Gasteiger charge is -2.03. The minimum Gasteiger partial charge on any atom is -0.384 e. The van der Waals surface area contributed by atoms with Crippen molar-refractivity contribution in [1.29, 1.82) is 0 Å². The van der Waals surface area contributed by atoms with Crippen LogP contribution in [0.3, 0.4) is 0 Å². The van der Waals surface area contributed by atoms with Crippen molar-refractivity contribution in [2.75, 3.05) is 23.9 Å². The van der Waals surface area contributed by atoms with E-state index in [2.05, 4.69) is 16.6 Å². The SMILES string of the molecule is CSCCCNc1cccnc1. The zero-order valence-corrected chi connectivity index (χ0v) is 8.10. The Morgan fingerprint density at radius 3 is 3.17 bits per heavy atom. The second-order valence-corrected chi connectivity index (χ2v) is 3.50. The van der Waals surface area contributed by atoms with Crippen molar-refractivity contribution in [3.8, 4) is 0 Å². The molecule has 0 aliphatic carbocycles. The quantitative estimate of drug-likeness (QED) is 0.707. The predicted molar refractivity (Wildman–Crippen MR) is 55.7 cm³/mol. The van der Waals surface area contributed by atoms with Crippen molar-refractivity contribution in [1.82, 2.24) is 4.98 Å². The maximum atomic E-state index is 4.02.